The van der Waals surface area contributed by atoms with Gasteiger partial charge >= 0.3 is 5.97 Å². The van der Waals surface area contributed by atoms with Gasteiger partial charge in [-0.2, -0.15) is 0 Å². The van der Waals surface area contributed by atoms with E-state index in [9.17, 15) is 19.2 Å². The zero-order valence-corrected chi connectivity index (χ0v) is 17.4. The van der Waals surface area contributed by atoms with Crippen molar-refractivity contribution in [3.63, 3.8) is 0 Å². The molecule has 4 aliphatic carbocycles. The van der Waals surface area contributed by atoms with Crippen molar-refractivity contribution in [1.29, 1.82) is 0 Å². The molecule has 7 rings (SSSR count). The number of hydrogen-bond donors (Lipinski definition) is 0. The van der Waals surface area contributed by atoms with Gasteiger partial charge in [0.1, 0.15) is 5.75 Å². The van der Waals surface area contributed by atoms with E-state index >= 15 is 0 Å². The van der Waals surface area contributed by atoms with Crippen LogP contribution < -0.4 is 9.64 Å². The van der Waals surface area contributed by atoms with Crippen molar-refractivity contribution < 1.29 is 23.9 Å². The van der Waals surface area contributed by atoms with Crippen molar-refractivity contribution in [1.82, 2.24) is 0 Å². The summed E-state index contributed by atoms with van der Waals surface area (Å²) in [4.78, 5) is 51.8. The minimum Gasteiger partial charge on any atom is -0.423 e. The van der Waals surface area contributed by atoms with Gasteiger partial charge in [-0.15, -0.1) is 0 Å². The van der Waals surface area contributed by atoms with E-state index in [1.165, 1.54) is 17.9 Å². The molecule has 2 aromatic rings. The Morgan fingerprint density at radius 3 is 2.09 bits per heavy atom. The molecule has 0 N–H and O–H groups in total. The van der Waals surface area contributed by atoms with Crippen molar-refractivity contribution in [2.24, 2.45) is 35.5 Å². The van der Waals surface area contributed by atoms with Gasteiger partial charge in [0.15, 0.2) is 5.78 Å². The number of esters is 1. The molecule has 2 amide bonds. The molecule has 0 spiro atoms. The van der Waals surface area contributed by atoms with Crippen molar-refractivity contribution in [2.45, 2.75) is 13.3 Å². The number of benzene rings is 2. The van der Waals surface area contributed by atoms with Gasteiger partial charge in [0.25, 0.3) is 0 Å². The van der Waals surface area contributed by atoms with Crippen molar-refractivity contribution in [3.05, 3.63) is 71.8 Å². The molecule has 6 heteroatoms. The van der Waals surface area contributed by atoms with Crippen LogP contribution in [0.25, 0.3) is 0 Å². The van der Waals surface area contributed by atoms with Gasteiger partial charge in [0, 0.05) is 5.56 Å². The molecular formula is C26H21NO5. The first-order chi connectivity index (χ1) is 15.4. The van der Waals surface area contributed by atoms with E-state index in [0.29, 0.717) is 28.7 Å². The Bertz CT molecular complexity index is 1180. The molecule has 6 atom stereocenters. The van der Waals surface area contributed by atoms with Gasteiger partial charge < -0.3 is 4.74 Å². The Labute approximate surface area is 184 Å². The molecule has 32 heavy (non-hydrogen) atoms. The molecule has 0 unspecified atom stereocenters. The maximum atomic E-state index is 13.2. The van der Waals surface area contributed by atoms with Crippen LogP contribution in [-0.4, -0.2) is 23.6 Å². The largest absolute Gasteiger partial charge is 0.423 e. The number of hydrogen-bond acceptors (Lipinski definition) is 5. The number of ether oxygens (including phenoxy) is 1. The number of anilines is 1. The predicted molar refractivity (Wildman–Crippen MR) is 115 cm³/mol. The lowest BCUT2D eigenvalue weighted by Crippen LogP contribution is -2.40. The Kier molecular flexibility index (Phi) is 4.03. The molecule has 3 fully saturated rings. The molecule has 160 valence electrons. The van der Waals surface area contributed by atoms with E-state index in [4.69, 9.17) is 4.74 Å². The fraction of sp³-hybridized carbons (Fsp3) is 0.308. The standard InChI is InChI=1S/C26H21NO5/c1-13(28)15-3-2-4-17(11-15)32-26(31)14-5-7-16(8-6-14)27-24(29)22-18-9-10-19(21-12-20(18)21)23(22)25(27)30/h2-11,18-23H,12H2,1H3/t18-,19-,20-,21-,22+,23+/m1/s1. The predicted octanol–water partition coefficient (Wildman–Crippen LogP) is 3.67. The molecule has 0 radical (unpaired) electrons. The van der Waals surface area contributed by atoms with Crippen LogP contribution >= 0.6 is 0 Å². The highest BCUT2D eigenvalue weighted by Gasteiger charge is 2.67. The quantitative estimate of drug-likeness (QED) is 0.245. The summed E-state index contributed by atoms with van der Waals surface area (Å²) in [7, 11) is 0. The second kappa shape index (κ2) is 6.73. The summed E-state index contributed by atoms with van der Waals surface area (Å²) in [6, 6.07) is 12.8. The molecule has 2 aromatic carbocycles. The van der Waals surface area contributed by atoms with Gasteiger partial charge in [-0.25, -0.2) is 4.79 Å². The van der Waals surface area contributed by atoms with Crippen LogP contribution in [-0.2, 0) is 9.59 Å². The number of nitrogens with zero attached hydrogens (tertiary/aromatic N) is 1. The van der Waals surface area contributed by atoms with E-state index in [-0.39, 0.29) is 47.0 Å². The molecule has 6 nitrogen and oxygen atoms in total. The Morgan fingerprint density at radius 1 is 0.875 bits per heavy atom. The summed E-state index contributed by atoms with van der Waals surface area (Å²) in [6.45, 7) is 1.45. The number of Topliss-reactive ketones (excluding diaryl/α,β-unsaturated/α-hetero) is 1. The molecule has 2 saturated carbocycles. The third-order valence-electron chi connectivity index (χ3n) is 7.48. The summed E-state index contributed by atoms with van der Waals surface area (Å²) in [5.41, 5.74) is 1.23. The van der Waals surface area contributed by atoms with Gasteiger partial charge in [-0.1, -0.05) is 24.3 Å². The Hall–Kier alpha value is -3.54. The van der Waals surface area contributed by atoms with Crippen LogP contribution in [0.3, 0.4) is 0 Å². The van der Waals surface area contributed by atoms with Crippen LogP contribution in [0.15, 0.2) is 60.7 Å². The number of amides is 2. The van der Waals surface area contributed by atoms with E-state index in [1.54, 1.807) is 42.5 Å². The molecule has 0 aromatic heterocycles. The lowest BCUT2D eigenvalue weighted by molar-refractivity contribution is -0.124. The van der Waals surface area contributed by atoms with Crippen LogP contribution in [0.5, 0.6) is 5.75 Å². The maximum absolute atomic E-state index is 13.2. The molecular weight excluding hydrogens is 406 g/mol. The first-order valence-electron chi connectivity index (χ1n) is 10.9. The lowest BCUT2D eigenvalue weighted by Gasteiger charge is -2.37. The first-order valence-corrected chi connectivity index (χ1v) is 10.9. The smallest absolute Gasteiger partial charge is 0.343 e. The van der Waals surface area contributed by atoms with Crippen LogP contribution in [0.2, 0.25) is 0 Å². The SMILES string of the molecule is CC(=O)c1cccc(OC(=O)c2ccc(N3C(=O)[C@H]4[C@@H]5C=C[C@H]([C@H]6C[C@H]56)[C@@H]4C3=O)cc2)c1. The minimum absolute atomic E-state index is 0.117. The number of rotatable bonds is 4. The second-order valence-corrected chi connectivity index (χ2v) is 9.19. The lowest BCUT2D eigenvalue weighted by atomic mass is 9.63. The van der Waals surface area contributed by atoms with E-state index < -0.39 is 5.97 Å². The Balaban J connectivity index is 1.21. The topological polar surface area (TPSA) is 80.8 Å². The fourth-order valence-electron chi connectivity index (χ4n) is 5.90. The van der Waals surface area contributed by atoms with Crippen molar-refractivity contribution in [3.8, 4) is 5.75 Å². The zero-order valence-electron chi connectivity index (χ0n) is 17.4. The van der Waals surface area contributed by atoms with Crippen molar-refractivity contribution >= 4 is 29.3 Å². The second-order valence-electron chi connectivity index (χ2n) is 9.19. The highest BCUT2D eigenvalue weighted by molar-refractivity contribution is 6.22. The zero-order chi connectivity index (χ0) is 22.1. The summed E-state index contributed by atoms with van der Waals surface area (Å²) >= 11 is 0. The number of imide groups is 1. The maximum Gasteiger partial charge on any atom is 0.343 e. The first kappa shape index (κ1) is 19.2. The molecule has 2 bridgehead atoms. The highest BCUT2D eigenvalue weighted by atomic mass is 16.5. The highest BCUT2D eigenvalue weighted by Crippen LogP contribution is 2.65. The average Bonchev–Trinajstić information content (AvgIpc) is 3.57. The molecule has 5 aliphatic rings. The fourth-order valence-corrected chi connectivity index (χ4v) is 5.90. The number of carbonyl (C=O) groups excluding carboxylic acids is 4. The minimum atomic E-state index is -0.577. The van der Waals surface area contributed by atoms with Gasteiger partial charge in [0.05, 0.1) is 23.1 Å². The molecule has 1 saturated heterocycles. The van der Waals surface area contributed by atoms with Gasteiger partial charge in [-0.3, -0.25) is 19.3 Å². The van der Waals surface area contributed by atoms with Crippen LogP contribution in [0.4, 0.5) is 5.69 Å². The summed E-state index contributed by atoms with van der Waals surface area (Å²) in [5.74, 6) is 0.306. The van der Waals surface area contributed by atoms with Crippen LogP contribution in [0, 0.1) is 35.5 Å². The van der Waals surface area contributed by atoms with Crippen molar-refractivity contribution in [2.75, 3.05) is 4.90 Å². The summed E-state index contributed by atoms with van der Waals surface area (Å²) in [6.07, 6.45) is 5.42. The normalized spacial score (nSPS) is 31.3. The Morgan fingerprint density at radius 2 is 1.50 bits per heavy atom. The molecule has 1 heterocycles. The van der Waals surface area contributed by atoms with E-state index in [1.807, 2.05) is 0 Å². The third kappa shape index (κ3) is 2.72. The number of allylic oxidation sites excluding steroid dienone is 2. The van der Waals surface area contributed by atoms with Gasteiger partial charge in [-0.05, 0) is 73.4 Å². The third-order valence-corrected chi connectivity index (χ3v) is 7.48. The van der Waals surface area contributed by atoms with Crippen LogP contribution in [0.1, 0.15) is 34.1 Å². The number of carbonyl (C=O) groups is 4. The van der Waals surface area contributed by atoms with Gasteiger partial charge in [0.2, 0.25) is 11.8 Å². The summed E-state index contributed by atoms with van der Waals surface area (Å²) < 4.78 is 5.38. The number of ketones is 1. The molecule has 1 aliphatic heterocycles. The average molecular weight is 427 g/mol. The van der Waals surface area contributed by atoms with E-state index in [2.05, 4.69) is 12.2 Å². The van der Waals surface area contributed by atoms with E-state index in [0.717, 1.165) is 6.42 Å². The summed E-state index contributed by atoms with van der Waals surface area (Å²) in [5, 5.41) is 0. The monoisotopic (exact) mass is 427 g/mol.